The van der Waals surface area contributed by atoms with E-state index in [9.17, 15) is 23.1 Å². The summed E-state index contributed by atoms with van der Waals surface area (Å²) < 4.78 is 38.5. The predicted octanol–water partition coefficient (Wildman–Crippen LogP) is 4.81. The standard InChI is InChI=1S/C23H25F3N2O2/c1-13-8-9-22(2)18-11-16(29)6-4-14(18)10-17(13)20(22)28(3)21(30)19-7-5-15(12-27-19)23(24,25)26/h4-7,11-13,17,20,29H,8-10H2,1-3H3/t13?,17-,20+,22+/m0/s1. The van der Waals surface area contributed by atoms with Crippen molar-refractivity contribution in [1.29, 1.82) is 0 Å². The Hall–Kier alpha value is -2.57. The lowest BCUT2D eigenvalue weighted by molar-refractivity contribution is -0.137. The van der Waals surface area contributed by atoms with E-state index in [2.05, 4.69) is 18.8 Å². The van der Waals surface area contributed by atoms with Gasteiger partial charge < -0.3 is 10.0 Å². The number of hydrogen-bond donors (Lipinski definition) is 1. The van der Waals surface area contributed by atoms with Crippen LogP contribution in [0.25, 0.3) is 0 Å². The number of likely N-dealkylation sites (N-methyl/N-ethyl adjacent to an activating group) is 1. The van der Waals surface area contributed by atoms with Crippen molar-refractivity contribution in [3.63, 3.8) is 0 Å². The summed E-state index contributed by atoms with van der Waals surface area (Å²) in [6.07, 6.45) is -1.10. The number of fused-ring (bicyclic) bond motifs is 4. The van der Waals surface area contributed by atoms with E-state index in [1.54, 1.807) is 24.1 Å². The van der Waals surface area contributed by atoms with Gasteiger partial charge in [0.05, 0.1) is 5.56 Å². The van der Waals surface area contributed by atoms with Crippen molar-refractivity contribution >= 4 is 5.91 Å². The molecule has 1 fully saturated rings. The molecule has 0 radical (unpaired) electrons. The third-order valence-electron chi connectivity index (χ3n) is 7.12. The summed E-state index contributed by atoms with van der Waals surface area (Å²) in [6, 6.07) is 7.36. The fourth-order valence-electron chi connectivity index (χ4n) is 5.52. The van der Waals surface area contributed by atoms with Gasteiger partial charge in [-0.1, -0.05) is 19.9 Å². The molecule has 1 saturated carbocycles. The van der Waals surface area contributed by atoms with Crippen LogP contribution in [0.1, 0.15) is 53.9 Å². The van der Waals surface area contributed by atoms with Crippen molar-refractivity contribution in [3.8, 4) is 5.75 Å². The molecule has 0 spiro atoms. The molecule has 0 aliphatic heterocycles. The van der Waals surface area contributed by atoms with Gasteiger partial charge in [0.1, 0.15) is 11.4 Å². The fraction of sp³-hybridized carbons (Fsp3) is 0.478. The SMILES string of the molecule is CC1CC[C@]2(C)c3cc(O)ccc3C[C@@H]1[C@H]2N(C)C(=O)c1ccc(C(F)(F)F)cn1. The van der Waals surface area contributed by atoms with Crippen LogP contribution in [0.5, 0.6) is 5.75 Å². The van der Waals surface area contributed by atoms with Gasteiger partial charge in [-0.15, -0.1) is 0 Å². The first-order chi connectivity index (χ1) is 14.0. The molecule has 1 unspecified atom stereocenters. The zero-order valence-corrected chi connectivity index (χ0v) is 17.2. The summed E-state index contributed by atoms with van der Waals surface area (Å²) in [6.45, 7) is 4.31. The van der Waals surface area contributed by atoms with E-state index in [-0.39, 0.29) is 34.7 Å². The quantitative estimate of drug-likeness (QED) is 0.762. The van der Waals surface area contributed by atoms with Crippen LogP contribution in [0.3, 0.4) is 0 Å². The van der Waals surface area contributed by atoms with Crippen molar-refractivity contribution in [3.05, 3.63) is 58.9 Å². The lowest BCUT2D eigenvalue weighted by Crippen LogP contribution is -2.60. The topological polar surface area (TPSA) is 53.4 Å². The summed E-state index contributed by atoms with van der Waals surface area (Å²) in [5.74, 6) is 0.442. The zero-order chi connectivity index (χ0) is 21.8. The fourth-order valence-corrected chi connectivity index (χ4v) is 5.52. The van der Waals surface area contributed by atoms with E-state index in [0.29, 0.717) is 12.1 Å². The first kappa shape index (κ1) is 20.7. The number of rotatable bonds is 2. The van der Waals surface area contributed by atoms with Crippen LogP contribution in [0.2, 0.25) is 0 Å². The Morgan fingerprint density at radius 2 is 2.00 bits per heavy atom. The molecule has 2 aliphatic carbocycles. The molecule has 2 bridgehead atoms. The normalized spacial score (nSPS) is 28.0. The van der Waals surface area contributed by atoms with E-state index in [1.165, 1.54) is 5.56 Å². The lowest BCUT2D eigenvalue weighted by atomic mass is 9.54. The van der Waals surface area contributed by atoms with E-state index in [1.807, 2.05) is 6.07 Å². The largest absolute Gasteiger partial charge is 0.508 e. The Morgan fingerprint density at radius 3 is 2.63 bits per heavy atom. The minimum absolute atomic E-state index is 0.00142. The van der Waals surface area contributed by atoms with Crippen LogP contribution in [0, 0.1) is 11.8 Å². The predicted molar refractivity (Wildman–Crippen MR) is 106 cm³/mol. The number of carbonyl (C=O) groups is 1. The van der Waals surface area contributed by atoms with E-state index in [0.717, 1.165) is 37.0 Å². The highest BCUT2D eigenvalue weighted by Gasteiger charge is 2.53. The highest BCUT2D eigenvalue weighted by molar-refractivity contribution is 5.92. The third-order valence-corrected chi connectivity index (χ3v) is 7.12. The Bertz CT molecular complexity index is 973. The summed E-state index contributed by atoms with van der Waals surface area (Å²) in [5, 5.41) is 10.1. The van der Waals surface area contributed by atoms with Gasteiger partial charge in [0.2, 0.25) is 0 Å². The van der Waals surface area contributed by atoms with Crippen molar-refractivity contribution in [2.24, 2.45) is 11.8 Å². The van der Waals surface area contributed by atoms with Crippen LogP contribution in [-0.2, 0) is 18.0 Å². The summed E-state index contributed by atoms with van der Waals surface area (Å²) >= 11 is 0. The Morgan fingerprint density at radius 1 is 1.27 bits per heavy atom. The molecule has 1 amide bonds. The number of amides is 1. The number of hydrogen-bond acceptors (Lipinski definition) is 3. The maximum absolute atomic E-state index is 13.2. The molecule has 4 rings (SSSR count). The Balaban J connectivity index is 1.70. The average Bonchev–Trinajstić information content (AvgIpc) is 2.70. The number of phenolic OH excluding ortho intramolecular Hbond substituents is 1. The third kappa shape index (κ3) is 3.24. The maximum Gasteiger partial charge on any atom is 0.417 e. The maximum atomic E-state index is 13.2. The van der Waals surface area contributed by atoms with Crippen LogP contribution in [-0.4, -0.2) is 34.0 Å². The van der Waals surface area contributed by atoms with Crippen molar-refractivity contribution in [2.75, 3.05) is 7.05 Å². The van der Waals surface area contributed by atoms with Gasteiger partial charge >= 0.3 is 6.18 Å². The van der Waals surface area contributed by atoms with Gasteiger partial charge in [0.25, 0.3) is 5.91 Å². The number of pyridine rings is 1. The molecule has 4 atom stereocenters. The second kappa shape index (κ2) is 7.00. The number of phenols is 1. The first-order valence-corrected chi connectivity index (χ1v) is 10.1. The molecule has 0 saturated heterocycles. The van der Waals surface area contributed by atoms with Crippen LogP contribution < -0.4 is 0 Å². The molecule has 160 valence electrons. The number of alkyl halides is 3. The summed E-state index contributed by atoms with van der Waals surface area (Å²) in [4.78, 5) is 18.7. The Labute approximate surface area is 173 Å². The van der Waals surface area contributed by atoms with E-state index < -0.39 is 11.7 Å². The monoisotopic (exact) mass is 418 g/mol. The van der Waals surface area contributed by atoms with Gasteiger partial charge in [0, 0.05) is 24.7 Å². The van der Waals surface area contributed by atoms with E-state index >= 15 is 0 Å². The molecule has 30 heavy (non-hydrogen) atoms. The van der Waals surface area contributed by atoms with Gasteiger partial charge in [0.15, 0.2) is 0 Å². The van der Waals surface area contributed by atoms with Crippen molar-refractivity contribution in [2.45, 2.75) is 50.7 Å². The molecule has 1 aromatic carbocycles. The molecule has 1 N–H and O–H groups in total. The van der Waals surface area contributed by atoms with Crippen molar-refractivity contribution in [1.82, 2.24) is 9.88 Å². The van der Waals surface area contributed by atoms with Gasteiger partial charge in [-0.05, 0) is 66.5 Å². The zero-order valence-electron chi connectivity index (χ0n) is 17.2. The number of aromatic hydroxyl groups is 1. The number of benzene rings is 1. The molecule has 1 heterocycles. The van der Waals surface area contributed by atoms with Gasteiger partial charge in [-0.2, -0.15) is 13.2 Å². The minimum atomic E-state index is -4.49. The van der Waals surface area contributed by atoms with Crippen LogP contribution in [0.15, 0.2) is 36.5 Å². The second-order valence-corrected chi connectivity index (χ2v) is 8.93. The van der Waals surface area contributed by atoms with Gasteiger partial charge in [-0.25, -0.2) is 0 Å². The number of nitrogens with zero attached hydrogens (tertiary/aromatic N) is 2. The highest BCUT2D eigenvalue weighted by atomic mass is 19.4. The summed E-state index contributed by atoms with van der Waals surface area (Å²) in [7, 11) is 1.71. The first-order valence-electron chi connectivity index (χ1n) is 10.1. The molecular formula is C23H25F3N2O2. The molecule has 4 nitrogen and oxygen atoms in total. The molecule has 7 heteroatoms. The minimum Gasteiger partial charge on any atom is -0.508 e. The second-order valence-electron chi connectivity index (χ2n) is 8.93. The van der Waals surface area contributed by atoms with Crippen molar-refractivity contribution < 1.29 is 23.1 Å². The Kier molecular flexibility index (Phi) is 4.83. The van der Waals surface area contributed by atoms with Crippen LogP contribution in [0.4, 0.5) is 13.2 Å². The lowest BCUT2D eigenvalue weighted by Gasteiger charge is -2.56. The smallest absolute Gasteiger partial charge is 0.417 e. The average molecular weight is 418 g/mol. The molecule has 2 aliphatic rings. The molecular weight excluding hydrogens is 393 g/mol. The number of halogens is 3. The summed E-state index contributed by atoms with van der Waals surface area (Å²) in [5.41, 5.74) is 1.02. The van der Waals surface area contributed by atoms with Crippen LogP contribution >= 0.6 is 0 Å². The molecule has 2 aromatic rings. The van der Waals surface area contributed by atoms with E-state index in [4.69, 9.17) is 0 Å². The highest BCUT2D eigenvalue weighted by Crippen LogP contribution is 2.53. The number of carbonyl (C=O) groups excluding carboxylic acids is 1. The number of aromatic nitrogens is 1. The van der Waals surface area contributed by atoms with Gasteiger partial charge in [-0.3, -0.25) is 9.78 Å². The molecule has 1 aromatic heterocycles.